The number of benzene rings is 2. The average Bonchev–Trinajstić information content (AvgIpc) is 2.67. The van der Waals surface area contributed by atoms with E-state index in [4.69, 9.17) is 4.74 Å². The molecule has 0 fully saturated rings. The molecule has 6 nitrogen and oxygen atoms in total. The molecule has 0 heterocycles. The molecule has 1 amide bonds. The molecule has 0 saturated heterocycles. The lowest BCUT2D eigenvalue weighted by Crippen LogP contribution is -2.30. The van der Waals surface area contributed by atoms with Gasteiger partial charge in [0.2, 0.25) is 0 Å². The Morgan fingerprint density at radius 1 is 1.14 bits per heavy atom. The number of amides is 1. The summed E-state index contributed by atoms with van der Waals surface area (Å²) in [4.78, 5) is 35.9. The molecule has 142 valence electrons. The van der Waals surface area contributed by atoms with Crippen molar-refractivity contribution >= 4 is 29.4 Å². The molecule has 2 aromatic rings. The van der Waals surface area contributed by atoms with Crippen molar-refractivity contribution in [1.29, 1.82) is 5.26 Å². The second kappa shape index (κ2) is 9.28. The number of ether oxygens (including phenoxy) is 1. The molecule has 0 unspecified atom stereocenters. The third-order valence-electron chi connectivity index (χ3n) is 3.92. The summed E-state index contributed by atoms with van der Waals surface area (Å²) >= 11 is 0. The molecule has 1 atom stereocenters. The van der Waals surface area contributed by atoms with Crippen molar-refractivity contribution in [2.75, 3.05) is 5.32 Å². The van der Waals surface area contributed by atoms with Crippen molar-refractivity contribution in [3.63, 3.8) is 0 Å². The average molecular weight is 376 g/mol. The van der Waals surface area contributed by atoms with Gasteiger partial charge in [-0.1, -0.05) is 42.0 Å². The van der Waals surface area contributed by atoms with Gasteiger partial charge in [-0.3, -0.25) is 9.59 Å². The van der Waals surface area contributed by atoms with Crippen LogP contribution in [0.5, 0.6) is 0 Å². The minimum absolute atomic E-state index is 0.129. The predicted molar refractivity (Wildman–Crippen MR) is 105 cm³/mol. The number of nitrogens with zero attached hydrogens (tertiary/aromatic N) is 1. The molecule has 0 spiro atoms. The number of esters is 1. The Kier molecular flexibility index (Phi) is 6.83. The van der Waals surface area contributed by atoms with Crippen LogP contribution < -0.4 is 5.32 Å². The highest BCUT2D eigenvalue weighted by Crippen LogP contribution is 2.13. The Labute approximate surface area is 163 Å². The second-order valence-corrected chi connectivity index (χ2v) is 6.25. The monoisotopic (exact) mass is 376 g/mol. The first-order valence-electron chi connectivity index (χ1n) is 8.61. The van der Waals surface area contributed by atoms with Gasteiger partial charge in [0, 0.05) is 11.3 Å². The third-order valence-corrected chi connectivity index (χ3v) is 3.92. The van der Waals surface area contributed by atoms with Gasteiger partial charge in [0.05, 0.1) is 0 Å². The number of rotatable bonds is 6. The van der Waals surface area contributed by atoms with Gasteiger partial charge in [-0.25, -0.2) is 4.79 Å². The Morgan fingerprint density at radius 2 is 1.82 bits per heavy atom. The van der Waals surface area contributed by atoms with Gasteiger partial charge in [0.1, 0.15) is 11.6 Å². The standard InChI is InChI=1S/C22H20N2O4/c1-14-7-9-17(10-8-14)11-19(13-23)22(27)28-16(3)21(26)24-20-6-4-5-18(12-20)15(2)25/h4-12,16H,1-3H3,(H,24,26)/b19-11+/t16-/m1/s1. The highest BCUT2D eigenvalue weighted by Gasteiger charge is 2.21. The van der Waals surface area contributed by atoms with E-state index in [1.165, 1.54) is 26.0 Å². The largest absolute Gasteiger partial charge is 0.448 e. The van der Waals surface area contributed by atoms with Crippen LogP contribution in [0.2, 0.25) is 0 Å². The maximum atomic E-state index is 12.3. The van der Waals surface area contributed by atoms with Crippen LogP contribution in [0.15, 0.2) is 54.1 Å². The third kappa shape index (κ3) is 5.64. The SMILES string of the molecule is CC(=O)c1cccc(NC(=O)[C@@H](C)OC(=O)/C(C#N)=C/c2ccc(C)cc2)c1. The first-order valence-corrected chi connectivity index (χ1v) is 8.61. The van der Waals surface area contributed by atoms with Crippen molar-refractivity contribution in [2.45, 2.75) is 26.9 Å². The number of nitrogens with one attached hydrogen (secondary N) is 1. The van der Waals surface area contributed by atoms with Crippen LogP contribution in [0, 0.1) is 18.3 Å². The molecule has 0 bridgehead atoms. The number of carbonyl (C=O) groups excluding carboxylic acids is 3. The molecule has 0 saturated carbocycles. The molecule has 0 aliphatic heterocycles. The van der Waals surface area contributed by atoms with E-state index in [1.807, 2.05) is 19.1 Å². The zero-order valence-corrected chi connectivity index (χ0v) is 15.9. The van der Waals surface area contributed by atoms with Gasteiger partial charge < -0.3 is 10.1 Å². The number of ketones is 1. The summed E-state index contributed by atoms with van der Waals surface area (Å²) in [7, 11) is 0. The second-order valence-electron chi connectivity index (χ2n) is 6.25. The zero-order chi connectivity index (χ0) is 20.7. The number of Topliss-reactive ketones (excluding diaryl/α,β-unsaturated/α-hetero) is 1. The Balaban J connectivity index is 2.04. The molecule has 0 aromatic heterocycles. The molecule has 28 heavy (non-hydrogen) atoms. The minimum Gasteiger partial charge on any atom is -0.448 e. The lowest BCUT2D eigenvalue weighted by molar-refractivity contribution is -0.148. The van der Waals surface area contributed by atoms with E-state index in [9.17, 15) is 19.6 Å². The summed E-state index contributed by atoms with van der Waals surface area (Å²) in [6.45, 7) is 4.76. The highest BCUT2D eigenvalue weighted by molar-refractivity contribution is 6.01. The number of anilines is 1. The normalized spacial score (nSPS) is 11.9. The lowest BCUT2D eigenvalue weighted by atomic mass is 10.1. The van der Waals surface area contributed by atoms with Crippen LogP contribution in [0.1, 0.15) is 35.3 Å². The van der Waals surface area contributed by atoms with Crippen molar-refractivity contribution in [1.82, 2.24) is 0 Å². The summed E-state index contributed by atoms with van der Waals surface area (Å²) in [6.07, 6.45) is 0.283. The number of hydrogen-bond acceptors (Lipinski definition) is 5. The van der Waals surface area contributed by atoms with Crippen LogP contribution in [-0.4, -0.2) is 23.8 Å². The molecule has 2 aromatic carbocycles. The summed E-state index contributed by atoms with van der Waals surface area (Å²) in [5.74, 6) is -1.58. The molecule has 2 rings (SSSR count). The summed E-state index contributed by atoms with van der Waals surface area (Å²) in [5.41, 5.74) is 2.39. The Bertz CT molecular complexity index is 969. The Morgan fingerprint density at radius 3 is 2.43 bits per heavy atom. The molecule has 0 radical (unpaired) electrons. The van der Waals surface area contributed by atoms with Crippen molar-refractivity contribution in [3.05, 3.63) is 70.8 Å². The topological polar surface area (TPSA) is 96.3 Å². The van der Waals surface area contributed by atoms with E-state index in [0.29, 0.717) is 16.8 Å². The van der Waals surface area contributed by atoms with Gasteiger partial charge in [-0.05, 0) is 44.5 Å². The maximum Gasteiger partial charge on any atom is 0.349 e. The first-order chi connectivity index (χ1) is 13.3. The first kappa shape index (κ1) is 20.6. The summed E-state index contributed by atoms with van der Waals surface area (Å²) < 4.78 is 5.10. The zero-order valence-electron chi connectivity index (χ0n) is 15.9. The smallest absolute Gasteiger partial charge is 0.349 e. The Hall–Kier alpha value is -3.72. The molecule has 0 aliphatic rings. The lowest BCUT2D eigenvalue weighted by Gasteiger charge is -2.13. The number of aryl methyl sites for hydroxylation is 1. The minimum atomic E-state index is -1.12. The van der Waals surface area contributed by atoms with Crippen LogP contribution in [-0.2, 0) is 14.3 Å². The van der Waals surface area contributed by atoms with E-state index in [0.717, 1.165) is 5.56 Å². The fraction of sp³-hybridized carbons (Fsp3) is 0.182. The number of nitriles is 1. The molecule has 0 aliphatic carbocycles. The van der Waals surface area contributed by atoms with E-state index in [2.05, 4.69) is 5.32 Å². The highest BCUT2D eigenvalue weighted by atomic mass is 16.5. The summed E-state index contributed by atoms with van der Waals surface area (Å²) in [6, 6.07) is 15.5. The van der Waals surface area contributed by atoms with E-state index < -0.39 is 18.0 Å². The predicted octanol–water partition coefficient (Wildman–Crippen LogP) is 3.68. The van der Waals surface area contributed by atoms with E-state index >= 15 is 0 Å². The fourth-order valence-corrected chi connectivity index (χ4v) is 2.30. The van der Waals surface area contributed by atoms with E-state index in [1.54, 1.807) is 36.4 Å². The van der Waals surface area contributed by atoms with Crippen LogP contribution in [0.4, 0.5) is 5.69 Å². The molecule has 6 heteroatoms. The van der Waals surface area contributed by atoms with Crippen LogP contribution in [0.25, 0.3) is 6.08 Å². The van der Waals surface area contributed by atoms with Crippen LogP contribution in [0.3, 0.4) is 0 Å². The molecular formula is C22H20N2O4. The van der Waals surface area contributed by atoms with Gasteiger partial charge >= 0.3 is 5.97 Å². The van der Waals surface area contributed by atoms with Gasteiger partial charge in [-0.2, -0.15) is 5.26 Å². The summed E-state index contributed by atoms with van der Waals surface area (Å²) in [5, 5.41) is 11.8. The fourth-order valence-electron chi connectivity index (χ4n) is 2.30. The van der Waals surface area contributed by atoms with Crippen molar-refractivity contribution < 1.29 is 19.1 Å². The number of hydrogen-bond donors (Lipinski definition) is 1. The van der Waals surface area contributed by atoms with Crippen molar-refractivity contribution in [2.24, 2.45) is 0 Å². The van der Waals surface area contributed by atoms with Gasteiger partial charge in [0.25, 0.3) is 5.91 Å². The van der Waals surface area contributed by atoms with E-state index in [-0.39, 0.29) is 11.4 Å². The van der Waals surface area contributed by atoms with Crippen LogP contribution >= 0.6 is 0 Å². The molecular weight excluding hydrogens is 356 g/mol. The maximum absolute atomic E-state index is 12.3. The number of carbonyl (C=O) groups is 3. The van der Waals surface area contributed by atoms with Gasteiger partial charge in [-0.15, -0.1) is 0 Å². The quantitative estimate of drug-likeness (QED) is 0.359. The van der Waals surface area contributed by atoms with Crippen molar-refractivity contribution in [3.8, 4) is 6.07 Å². The molecule has 1 N–H and O–H groups in total. The van der Waals surface area contributed by atoms with Gasteiger partial charge in [0.15, 0.2) is 11.9 Å².